The number of nitro groups is 1. The van der Waals surface area contributed by atoms with Gasteiger partial charge in [-0.2, -0.15) is 5.10 Å². The number of hydrazone groups is 1. The normalized spacial score (nSPS) is 11.1. The van der Waals surface area contributed by atoms with Crippen LogP contribution in [0.4, 0.5) is 11.4 Å². The lowest BCUT2D eigenvalue weighted by atomic mass is 10.1. The summed E-state index contributed by atoms with van der Waals surface area (Å²) in [5.74, 6) is -0.970. The summed E-state index contributed by atoms with van der Waals surface area (Å²) in [5.41, 5.74) is 2.36. The molecule has 0 aromatic heterocycles. The summed E-state index contributed by atoms with van der Waals surface area (Å²) in [7, 11) is -0.694. The smallest absolute Gasteiger partial charge is 0.337 e. The second-order valence-electron chi connectivity index (χ2n) is 7.68. The average Bonchev–Trinajstić information content (AvgIpc) is 2.95. The van der Waals surface area contributed by atoms with E-state index in [9.17, 15) is 28.1 Å². The Kier molecular flexibility index (Phi) is 9.17. The van der Waals surface area contributed by atoms with Crippen molar-refractivity contribution in [3.05, 3.63) is 88.0 Å². The molecule has 3 aromatic rings. The van der Waals surface area contributed by atoms with Crippen LogP contribution in [-0.4, -0.2) is 59.3 Å². The molecule has 0 atom stereocenters. The highest BCUT2D eigenvalue weighted by Gasteiger charge is 2.34. The van der Waals surface area contributed by atoms with E-state index in [1.807, 2.05) is 0 Å². The van der Waals surface area contributed by atoms with Crippen LogP contribution in [0.2, 0.25) is 0 Å². The molecule has 1 amide bonds. The van der Waals surface area contributed by atoms with Crippen molar-refractivity contribution < 1.29 is 37.1 Å². The number of nitrogens with zero attached hydrogens (tertiary/aromatic N) is 3. The highest BCUT2D eigenvalue weighted by atomic mass is 32.2. The number of benzene rings is 3. The molecule has 0 aliphatic rings. The molecule has 0 aliphatic carbocycles. The molecule has 0 heterocycles. The van der Waals surface area contributed by atoms with E-state index in [1.54, 1.807) is 12.1 Å². The number of sulfonamides is 1. The Hall–Kier alpha value is -4.98. The van der Waals surface area contributed by atoms with Gasteiger partial charge in [0.1, 0.15) is 18.0 Å². The predicted molar refractivity (Wildman–Crippen MR) is 141 cm³/mol. The molecule has 0 saturated heterocycles. The molecule has 0 spiro atoms. The minimum atomic E-state index is -4.66. The molecule has 204 valence electrons. The van der Waals surface area contributed by atoms with Crippen LogP contribution < -0.4 is 19.2 Å². The number of methoxy groups -OCH3 is 3. The lowest BCUT2D eigenvalue weighted by Gasteiger charge is -2.25. The SMILES string of the molecule is COC(=O)c1ccc(/C=N/NC(=O)CN(c2ccc(OC)cc2OC)S(=O)(=O)c2ccccc2[N+](=O)[O-])cc1. The number of anilines is 1. The van der Waals surface area contributed by atoms with Crippen molar-refractivity contribution in [1.82, 2.24) is 5.43 Å². The van der Waals surface area contributed by atoms with E-state index in [1.165, 1.54) is 70.0 Å². The lowest BCUT2D eigenvalue weighted by Crippen LogP contribution is -2.40. The van der Waals surface area contributed by atoms with Gasteiger partial charge in [0.2, 0.25) is 0 Å². The highest BCUT2D eigenvalue weighted by molar-refractivity contribution is 7.93. The minimum absolute atomic E-state index is 0.0403. The van der Waals surface area contributed by atoms with Gasteiger partial charge in [-0.15, -0.1) is 0 Å². The van der Waals surface area contributed by atoms with Crippen LogP contribution in [-0.2, 0) is 19.6 Å². The molecule has 3 aromatic carbocycles. The number of ether oxygens (including phenoxy) is 3. The van der Waals surface area contributed by atoms with Gasteiger partial charge in [-0.05, 0) is 35.9 Å². The van der Waals surface area contributed by atoms with E-state index in [2.05, 4.69) is 15.3 Å². The first-order valence-corrected chi connectivity index (χ1v) is 12.5. The van der Waals surface area contributed by atoms with Crippen molar-refractivity contribution in [1.29, 1.82) is 0 Å². The van der Waals surface area contributed by atoms with Crippen LogP contribution in [0.3, 0.4) is 0 Å². The van der Waals surface area contributed by atoms with E-state index in [4.69, 9.17) is 9.47 Å². The second kappa shape index (κ2) is 12.5. The van der Waals surface area contributed by atoms with Crippen LogP contribution in [0, 0.1) is 10.1 Å². The summed E-state index contributed by atoms with van der Waals surface area (Å²) in [6, 6.07) is 15.1. The zero-order chi connectivity index (χ0) is 28.6. The number of nitro benzene ring substituents is 1. The first-order chi connectivity index (χ1) is 18.6. The summed E-state index contributed by atoms with van der Waals surface area (Å²) < 4.78 is 43.2. The molecule has 3 rings (SSSR count). The van der Waals surface area contributed by atoms with Crippen LogP contribution in [0.1, 0.15) is 15.9 Å². The number of nitrogens with one attached hydrogen (secondary N) is 1. The summed E-state index contributed by atoms with van der Waals surface area (Å²) in [6.45, 7) is -0.796. The van der Waals surface area contributed by atoms with Gasteiger partial charge >= 0.3 is 5.97 Å². The Balaban J connectivity index is 1.94. The third-order valence-electron chi connectivity index (χ3n) is 5.31. The first kappa shape index (κ1) is 28.6. The fourth-order valence-corrected chi connectivity index (χ4v) is 4.99. The van der Waals surface area contributed by atoms with Gasteiger partial charge in [0.15, 0.2) is 4.90 Å². The third kappa shape index (κ3) is 6.67. The van der Waals surface area contributed by atoms with Gasteiger partial charge in [0.25, 0.3) is 21.6 Å². The molecule has 0 radical (unpaired) electrons. The van der Waals surface area contributed by atoms with Crippen LogP contribution >= 0.6 is 0 Å². The number of rotatable bonds is 11. The average molecular weight is 557 g/mol. The zero-order valence-corrected chi connectivity index (χ0v) is 21.9. The van der Waals surface area contributed by atoms with Crippen molar-refractivity contribution in [2.24, 2.45) is 5.10 Å². The molecule has 14 heteroatoms. The Morgan fingerprint density at radius 2 is 1.72 bits per heavy atom. The number of carbonyl (C=O) groups excluding carboxylic acids is 2. The van der Waals surface area contributed by atoms with E-state index in [0.717, 1.165) is 12.1 Å². The molecule has 0 aliphatic heterocycles. The van der Waals surface area contributed by atoms with Crippen molar-refractivity contribution in [2.75, 3.05) is 32.2 Å². The summed E-state index contributed by atoms with van der Waals surface area (Å²) in [5, 5.41) is 15.4. The number of amides is 1. The summed E-state index contributed by atoms with van der Waals surface area (Å²) >= 11 is 0. The number of esters is 1. The molecular weight excluding hydrogens is 532 g/mol. The standard InChI is InChI=1S/C25H24N4O9S/c1-36-19-12-13-20(22(14-19)37-2)28(39(34,35)23-7-5-4-6-21(23)29(32)33)16-24(30)27-26-15-17-8-10-18(11-9-17)25(31)38-3/h4-15H,16H2,1-3H3,(H,27,30)/b26-15+. The summed E-state index contributed by atoms with van der Waals surface area (Å²) in [4.78, 5) is 34.5. The van der Waals surface area contributed by atoms with Gasteiger partial charge in [-0.25, -0.2) is 18.6 Å². The van der Waals surface area contributed by atoms with Gasteiger partial charge in [0, 0.05) is 12.1 Å². The van der Waals surface area contributed by atoms with E-state index < -0.39 is 44.0 Å². The molecule has 0 bridgehead atoms. The molecule has 1 N–H and O–H groups in total. The first-order valence-electron chi connectivity index (χ1n) is 11.1. The van der Waals surface area contributed by atoms with Crippen LogP contribution in [0.15, 0.2) is 76.7 Å². The molecule has 0 fully saturated rings. The molecule has 0 unspecified atom stereocenters. The van der Waals surface area contributed by atoms with Gasteiger partial charge < -0.3 is 14.2 Å². The molecular formula is C25H24N4O9S. The topological polar surface area (TPSA) is 167 Å². The highest BCUT2D eigenvalue weighted by Crippen LogP contribution is 2.37. The molecule has 39 heavy (non-hydrogen) atoms. The Morgan fingerprint density at radius 1 is 1.03 bits per heavy atom. The largest absolute Gasteiger partial charge is 0.497 e. The van der Waals surface area contributed by atoms with Gasteiger partial charge in [0.05, 0.1) is 43.7 Å². The van der Waals surface area contributed by atoms with Crippen LogP contribution in [0.25, 0.3) is 0 Å². The zero-order valence-electron chi connectivity index (χ0n) is 21.1. The minimum Gasteiger partial charge on any atom is -0.497 e. The maximum Gasteiger partial charge on any atom is 0.337 e. The van der Waals surface area contributed by atoms with Crippen molar-refractivity contribution in [3.63, 3.8) is 0 Å². The number of carbonyl (C=O) groups is 2. The van der Waals surface area contributed by atoms with Crippen molar-refractivity contribution >= 4 is 39.5 Å². The predicted octanol–water partition coefficient (Wildman–Crippen LogP) is 2.74. The van der Waals surface area contributed by atoms with E-state index >= 15 is 0 Å². The monoisotopic (exact) mass is 556 g/mol. The number of para-hydroxylation sites is 1. The van der Waals surface area contributed by atoms with Gasteiger partial charge in [-0.3, -0.25) is 19.2 Å². The van der Waals surface area contributed by atoms with Crippen molar-refractivity contribution in [3.8, 4) is 11.5 Å². The second-order valence-corrected chi connectivity index (χ2v) is 9.51. The van der Waals surface area contributed by atoms with Crippen molar-refractivity contribution in [2.45, 2.75) is 4.90 Å². The maximum absolute atomic E-state index is 13.7. The lowest BCUT2D eigenvalue weighted by molar-refractivity contribution is -0.387. The molecule has 13 nitrogen and oxygen atoms in total. The maximum atomic E-state index is 13.7. The Labute approximate surface area is 223 Å². The third-order valence-corrected chi connectivity index (χ3v) is 7.11. The van der Waals surface area contributed by atoms with Gasteiger partial charge in [-0.1, -0.05) is 24.3 Å². The number of hydrogen-bond donors (Lipinski definition) is 1. The fraction of sp³-hybridized carbons (Fsp3) is 0.160. The fourth-order valence-electron chi connectivity index (χ4n) is 3.40. The number of hydrogen-bond acceptors (Lipinski definition) is 10. The Bertz CT molecular complexity index is 1510. The van der Waals surface area contributed by atoms with Crippen LogP contribution in [0.5, 0.6) is 11.5 Å². The van der Waals surface area contributed by atoms with E-state index in [0.29, 0.717) is 21.2 Å². The molecule has 0 saturated carbocycles. The quantitative estimate of drug-likeness (QED) is 0.162. The summed E-state index contributed by atoms with van der Waals surface area (Å²) in [6.07, 6.45) is 1.29. The Morgan fingerprint density at radius 3 is 2.33 bits per heavy atom. The van der Waals surface area contributed by atoms with E-state index in [-0.39, 0.29) is 11.4 Å².